The highest BCUT2D eigenvalue weighted by atomic mass is 32.2. The third kappa shape index (κ3) is 2.86. The maximum absolute atomic E-state index is 11.5. The van der Waals surface area contributed by atoms with E-state index in [1.165, 1.54) is 19.2 Å². The van der Waals surface area contributed by atoms with Gasteiger partial charge in [-0.1, -0.05) is 6.92 Å². The number of sulfonamides is 1. The third-order valence-corrected chi connectivity index (χ3v) is 3.43. The van der Waals surface area contributed by atoms with Gasteiger partial charge in [0.2, 0.25) is 10.0 Å². The molecule has 1 rings (SSSR count). The van der Waals surface area contributed by atoms with Gasteiger partial charge in [-0.05, 0) is 31.7 Å². The van der Waals surface area contributed by atoms with Gasteiger partial charge in [-0.2, -0.15) is 0 Å². The van der Waals surface area contributed by atoms with E-state index in [4.69, 9.17) is 10.5 Å². The molecule has 0 aromatic heterocycles. The minimum absolute atomic E-state index is 0.136. The van der Waals surface area contributed by atoms with Gasteiger partial charge in [0.25, 0.3) is 0 Å². The standard InChI is InChI=1S/C10H16N2O3S/c1-3-6-15-10-5-4-8(7-9(10)11)16(13,14)12-2/h4-5,7,12H,3,6,11H2,1-2H3. The van der Waals surface area contributed by atoms with Crippen molar-refractivity contribution in [2.75, 3.05) is 19.4 Å². The van der Waals surface area contributed by atoms with Crippen molar-refractivity contribution in [3.05, 3.63) is 18.2 Å². The van der Waals surface area contributed by atoms with Crippen LogP contribution < -0.4 is 15.2 Å². The molecule has 16 heavy (non-hydrogen) atoms. The Morgan fingerprint density at radius 2 is 2.12 bits per heavy atom. The van der Waals surface area contributed by atoms with E-state index in [1.807, 2.05) is 6.92 Å². The largest absolute Gasteiger partial charge is 0.491 e. The second kappa shape index (κ2) is 5.18. The molecule has 0 aliphatic carbocycles. The molecule has 5 nitrogen and oxygen atoms in total. The summed E-state index contributed by atoms with van der Waals surface area (Å²) in [6, 6.07) is 4.42. The fourth-order valence-corrected chi connectivity index (χ4v) is 1.92. The zero-order chi connectivity index (χ0) is 12.2. The highest BCUT2D eigenvalue weighted by Crippen LogP contribution is 2.24. The predicted molar refractivity (Wildman–Crippen MR) is 62.9 cm³/mol. The maximum Gasteiger partial charge on any atom is 0.240 e. The topological polar surface area (TPSA) is 81.4 Å². The average Bonchev–Trinajstić information content (AvgIpc) is 2.27. The summed E-state index contributed by atoms with van der Waals surface area (Å²) in [5.41, 5.74) is 6.02. The Kier molecular flexibility index (Phi) is 4.14. The molecule has 0 aliphatic heterocycles. The van der Waals surface area contributed by atoms with Crippen LogP contribution in [0.5, 0.6) is 5.75 Å². The fourth-order valence-electron chi connectivity index (χ4n) is 1.16. The summed E-state index contributed by atoms with van der Waals surface area (Å²) in [7, 11) is -2.09. The fraction of sp³-hybridized carbons (Fsp3) is 0.400. The first-order chi connectivity index (χ1) is 7.51. The van der Waals surface area contributed by atoms with E-state index >= 15 is 0 Å². The third-order valence-electron chi connectivity index (χ3n) is 2.02. The van der Waals surface area contributed by atoms with Crippen molar-refractivity contribution < 1.29 is 13.2 Å². The van der Waals surface area contributed by atoms with E-state index in [9.17, 15) is 8.42 Å². The number of hydrogen-bond donors (Lipinski definition) is 2. The van der Waals surface area contributed by atoms with Crippen molar-refractivity contribution in [2.45, 2.75) is 18.2 Å². The van der Waals surface area contributed by atoms with Crippen molar-refractivity contribution in [1.29, 1.82) is 0 Å². The predicted octanol–water partition coefficient (Wildman–Crippen LogP) is 0.966. The summed E-state index contributed by atoms with van der Waals surface area (Å²) in [6.45, 7) is 2.54. The van der Waals surface area contributed by atoms with Gasteiger partial charge < -0.3 is 10.5 Å². The molecule has 0 fully saturated rings. The van der Waals surface area contributed by atoms with E-state index in [-0.39, 0.29) is 4.90 Å². The minimum Gasteiger partial charge on any atom is -0.491 e. The Hall–Kier alpha value is -1.27. The molecule has 0 spiro atoms. The first-order valence-corrected chi connectivity index (χ1v) is 6.45. The number of rotatable bonds is 5. The molecule has 0 aliphatic rings. The Balaban J connectivity index is 3.00. The number of nitrogens with two attached hydrogens (primary N) is 1. The number of nitrogens with one attached hydrogen (secondary N) is 1. The van der Waals surface area contributed by atoms with Crippen LogP contribution >= 0.6 is 0 Å². The highest BCUT2D eigenvalue weighted by molar-refractivity contribution is 7.89. The van der Waals surface area contributed by atoms with Gasteiger partial charge in [0.05, 0.1) is 17.2 Å². The smallest absolute Gasteiger partial charge is 0.240 e. The van der Waals surface area contributed by atoms with Crippen LogP contribution in [0.25, 0.3) is 0 Å². The summed E-state index contributed by atoms with van der Waals surface area (Å²) >= 11 is 0. The van der Waals surface area contributed by atoms with Crippen LogP contribution in [0.3, 0.4) is 0 Å². The monoisotopic (exact) mass is 244 g/mol. The Labute approximate surface area is 95.7 Å². The van der Waals surface area contributed by atoms with Gasteiger partial charge in [-0.25, -0.2) is 13.1 Å². The van der Waals surface area contributed by atoms with Gasteiger partial charge in [-0.3, -0.25) is 0 Å². The number of nitrogen functional groups attached to an aromatic ring is 1. The first-order valence-electron chi connectivity index (χ1n) is 4.97. The van der Waals surface area contributed by atoms with Crippen molar-refractivity contribution in [2.24, 2.45) is 0 Å². The van der Waals surface area contributed by atoms with Gasteiger partial charge in [-0.15, -0.1) is 0 Å². The van der Waals surface area contributed by atoms with Crippen LogP contribution in [0.1, 0.15) is 13.3 Å². The lowest BCUT2D eigenvalue weighted by atomic mass is 10.3. The van der Waals surface area contributed by atoms with Gasteiger partial charge in [0, 0.05) is 0 Å². The zero-order valence-corrected chi connectivity index (χ0v) is 10.2. The molecule has 0 saturated heterocycles. The maximum atomic E-state index is 11.5. The summed E-state index contributed by atoms with van der Waals surface area (Å²) in [5.74, 6) is 0.511. The van der Waals surface area contributed by atoms with E-state index in [0.717, 1.165) is 6.42 Å². The molecule has 90 valence electrons. The lowest BCUT2D eigenvalue weighted by Crippen LogP contribution is -2.18. The van der Waals surface area contributed by atoms with Crippen molar-refractivity contribution in [3.8, 4) is 5.75 Å². The molecule has 0 unspecified atom stereocenters. The molecule has 0 saturated carbocycles. The SMILES string of the molecule is CCCOc1ccc(S(=O)(=O)NC)cc1N. The molecule has 0 heterocycles. The molecule has 3 N–H and O–H groups in total. The van der Waals surface area contributed by atoms with Crippen LogP contribution in [-0.2, 0) is 10.0 Å². The van der Waals surface area contributed by atoms with E-state index in [0.29, 0.717) is 18.0 Å². The van der Waals surface area contributed by atoms with Gasteiger partial charge >= 0.3 is 0 Å². The molecule has 1 aromatic rings. The Morgan fingerprint density at radius 1 is 1.44 bits per heavy atom. The lowest BCUT2D eigenvalue weighted by molar-refractivity contribution is 0.319. The number of hydrogen-bond acceptors (Lipinski definition) is 4. The molecule has 0 amide bonds. The van der Waals surface area contributed by atoms with Crippen molar-refractivity contribution in [3.63, 3.8) is 0 Å². The average molecular weight is 244 g/mol. The molecule has 0 atom stereocenters. The Morgan fingerprint density at radius 3 is 2.62 bits per heavy atom. The van der Waals surface area contributed by atoms with Crippen LogP contribution in [0.15, 0.2) is 23.1 Å². The van der Waals surface area contributed by atoms with Gasteiger partial charge in [0.1, 0.15) is 5.75 Å². The molecule has 0 radical (unpaired) electrons. The van der Waals surface area contributed by atoms with Crippen LogP contribution in [0.2, 0.25) is 0 Å². The van der Waals surface area contributed by atoms with E-state index in [1.54, 1.807) is 6.07 Å². The summed E-state index contributed by atoms with van der Waals surface area (Å²) in [5, 5.41) is 0. The summed E-state index contributed by atoms with van der Waals surface area (Å²) in [6.07, 6.45) is 0.871. The number of ether oxygens (including phenoxy) is 1. The number of anilines is 1. The minimum atomic E-state index is -3.44. The van der Waals surface area contributed by atoms with Crippen LogP contribution in [0.4, 0.5) is 5.69 Å². The zero-order valence-electron chi connectivity index (χ0n) is 9.36. The van der Waals surface area contributed by atoms with Crippen LogP contribution in [0, 0.1) is 0 Å². The highest BCUT2D eigenvalue weighted by Gasteiger charge is 2.13. The summed E-state index contributed by atoms with van der Waals surface area (Å²) < 4.78 is 30.5. The first kappa shape index (κ1) is 12.8. The second-order valence-electron chi connectivity index (χ2n) is 3.26. The molecule has 0 bridgehead atoms. The summed E-state index contributed by atoms with van der Waals surface area (Å²) in [4.78, 5) is 0.136. The molecule has 6 heteroatoms. The number of benzene rings is 1. The quantitative estimate of drug-likeness (QED) is 0.756. The van der Waals surface area contributed by atoms with Crippen molar-refractivity contribution in [1.82, 2.24) is 4.72 Å². The Bertz CT molecular complexity index is 457. The normalized spacial score (nSPS) is 11.4. The van der Waals surface area contributed by atoms with E-state index < -0.39 is 10.0 Å². The van der Waals surface area contributed by atoms with Crippen LogP contribution in [-0.4, -0.2) is 22.1 Å². The second-order valence-corrected chi connectivity index (χ2v) is 5.14. The van der Waals surface area contributed by atoms with E-state index in [2.05, 4.69) is 4.72 Å². The molecular formula is C10H16N2O3S. The molecular weight excluding hydrogens is 228 g/mol. The lowest BCUT2D eigenvalue weighted by Gasteiger charge is -2.09. The molecule has 1 aromatic carbocycles. The van der Waals surface area contributed by atoms with Gasteiger partial charge in [0.15, 0.2) is 0 Å². The van der Waals surface area contributed by atoms with Crippen molar-refractivity contribution >= 4 is 15.7 Å².